The van der Waals surface area contributed by atoms with E-state index in [1.165, 1.54) is 12.1 Å². The molecule has 0 spiro atoms. The van der Waals surface area contributed by atoms with Crippen molar-refractivity contribution in [1.29, 1.82) is 0 Å². The zero-order chi connectivity index (χ0) is 16.7. The molecule has 0 saturated heterocycles. The van der Waals surface area contributed by atoms with E-state index in [0.29, 0.717) is 10.6 Å². The van der Waals surface area contributed by atoms with Gasteiger partial charge in [-0.2, -0.15) is 0 Å². The van der Waals surface area contributed by atoms with Crippen molar-refractivity contribution in [3.05, 3.63) is 47.0 Å². The Bertz CT molecular complexity index is 613. The molecule has 2 rings (SSSR count). The van der Waals surface area contributed by atoms with Crippen molar-refractivity contribution in [2.45, 2.75) is 19.3 Å². The molecule has 1 aliphatic carbocycles. The molecule has 1 aliphatic rings. The van der Waals surface area contributed by atoms with E-state index in [4.69, 9.17) is 16.3 Å². The van der Waals surface area contributed by atoms with Crippen LogP contribution in [0.15, 0.2) is 36.4 Å². The number of nitrogens with one attached hydrogen (secondary N) is 2. The van der Waals surface area contributed by atoms with E-state index in [9.17, 15) is 14.4 Å². The van der Waals surface area contributed by atoms with E-state index < -0.39 is 24.4 Å². The fourth-order valence-electron chi connectivity index (χ4n) is 2.12. The van der Waals surface area contributed by atoms with Gasteiger partial charge in [-0.3, -0.25) is 25.2 Å². The molecule has 1 atom stereocenters. The SMILES string of the molecule is O=C(COC(=O)C[C@H]1C=CCC1)NNC(=O)c1ccc(Cl)cc1. The number of carbonyl (C=O) groups is 3. The van der Waals surface area contributed by atoms with Gasteiger partial charge in [0, 0.05) is 10.6 Å². The van der Waals surface area contributed by atoms with Gasteiger partial charge in [-0.05, 0) is 43.0 Å². The summed E-state index contributed by atoms with van der Waals surface area (Å²) in [5.41, 5.74) is 4.76. The summed E-state index contributed by atoms with van der Waals surface area (Å²) in [7, 11) is 0. The zero-order valence-corrected chi connectivity index (χ0v) is 13.1. The van der Waals surface area contributed by atoms with E-state index in [2.05, 4.69) is 10.9 Å². The summed E-state index contributed by atoms with van der Waals surface area (Å²) in [5, 5.41) is 0.509. The Labute approximate surface area is 138 Å². The number of amides is 2. The van der Waals surface area contributed by atoms with Gasteiger partial charge in [-0.25, -0.2) is 0 Å². The second kappa shape index (κ2) is 8.33. The first-order valence-electron chi connectivity index (χ1n) is 7.21. The molecule has 0 saturated carbocycles. The Morgan fingerprint density at radius 1 is 1.17 bits per heavy atom. The first-order valence-corrected chi connectivity index (χ1v) is 7.59. The fourth-order valence-corrected chi connectivity index (χ4v) is 2.25. The quantitative estimate of drug-likeness (QED) is 0.489. The molecule has 0 fully saturated rings. The Morgan fingerprint density at radius 3 is 2.57 bits per heavy atom. The lowest BCUT2D eigenvalue weighted by Gasteiger charge is -2.09. The summed E-state index contributed by atoms with van der Waals surface area (Å²) < 4.78 is 4.87. The molecule has 1 aromatic carbocycles. The molecular formula is C16H17ClN2O4. The molecule has 0 heterocycles. The zero-order valence-electron chi connectivity index (χ0n) is 12.4. The minimum atomic E-state index is -0.609. The number of carbonyl (C=O) groups excluding carboxylic acids is 3. The lowest BCUT2D eigenvalue weighted by atomic mass is 10.1. The topological polar surface area (TPSA) is 84.5 Å². The molecule has 0 aliphatic heterocycles. The largest absolute Gasteiger partial charge is 0.455 e. The van der Waals surface area contributed by atoms with E-state index in [0.717, 1.165) is 12.8 Å². The van der Waals surface area contributed by atoms with Gasteiger partial charge in [0.1, 0.15) is 0 Å². The summed E-state index contributed by atoms with van der Waals surface area (Å²) in [6.45, 7) is -0.434. The Kier molecular flexibility index (Phi) is 6.17. The standard InChI is InChI=1S/C16H17ClN2O4/c17-13-7-5-12(6-8-13)16(22)19-18-14(20)10-23-15(21)9-11-3-1-2-4-11/h1,3,5-8,11H,2,4,9-10H2,(H,18,20)(H,19,22)/t11-/m0/s1. The molecule has 0 radical (unpaired) electrons. The second-order valence-corrected chi connectivity index (χ2v) is 5.58. The molecule has 2 N–H and O–H groups in total. The first kappa shape index (κ1) is 17.0. The maximum Gasteiger partial charge on any atom is 0.306 e. The van der Waals surface area contributed by atoms with Crippen LogP contribution in [0.25, 0.3) is 0 Å². The number of ether oxygens (including phenoxy) is 1. The van der Waals surface area contributed by atoms with E-state index in [-0.39, 0.29) is 12.3 Å². The van der Waals surface area contributed by atoms with E-state index >= 15 is 0 Å². The molecule has 2 amide bonds. The van der Waals surface area contributed by atoms with Gasteiger partial charge >= 0.3 is 5.97 Å². The minimum absolute atomic E-state index is 0.190. The summed E-state index contributed by atoms with van der Waals surface area (Å²) >= 11 is 5.72. The average molecular weight is 337 g/mol. The van der Waals surface area contributed by atoms with Crippen LogP contribution < -0.4 is 10.9 Å². The monoisotopic (exact) mass is 336 g/mol. The Balaban J connectivity index is 1.66. The van der Waals surface area contributed by atoms with Crippen molar-refractivity contribution in [1.82, 2.24) is 10.9 Å². The smallest absolute Gasteiger partial charge is 0.306 e. The predicted molar refractivity (Wildman–Crippen MR) is 84.5 cm³/mol. The van der Waals surface area contributed by atoms with Crippen LogP contribution in [0.1, 0.15) is 29.6 Å². The lowest BCUT2D eigenvalue weighted by molar-refractivity contribution is -0.149. The van der Waals surface area contributed by atoms with Crippen LogP contribution in [0.5, 0.6) is 0 Å². The van der Waals surface area contributed by atoms with E-state index in [1.54, 1.807) is 12.1 Å². The number of halogens is 1. The average Bonchev–Trinajstić information content (AvgIpc) is 3.04. The van der Waals surface area contributed by atoms with Crippen LogP contribution in [0.4, 0.5) is 0 Å². The number of rotatable bonds is 5. The minimum Gasteiger partial charge on any atom is -0.455 e. The molecule has 6 nitrogen and oxygen atoms in total. The highest BCUT2D eigenvalue weighted by Gasteiger charge is 2.16. The Morgan fingerprint density at radius 2 is 1.91 bits per heavy atom. The van der Waals surface area contributed by atoms with Crippen molar-refractivity contribution in [2.24, 2.45) is 5.92 Å². The number of esters is 1. The molecular weight excluding hydrogens is 320 g/mol. The van der Waals surface area contributed by atoms with E-state index in [1.807, 2.05) is 12.2 Å². The third-order valence-corrected chi connectivity index (χ3v) is 3.58. The summed E-state index contributed by atoms with van der Waals surface area (Å²) in [4.78, 5) is 34.8. The normalized spacial score (nSPS) is 16.0. The second-order valence-electron chi connectivity index (χ2n) is 5.14. The summed E-state index contributed by atoms with van der Waals surface area (Å²) in [5.74, 6) is -1.34. The van der Waals surface area contributed by atoms with Crippen molar-refractivity contribution < 1.29 is 19.1 Å². The number of allylic oxidation sites excluding steroid dienone is 2. The number of hydrazine groups is 1. The van der Waals surface area contributed by atoms with Crippen LogP contribution in [0.2, 0.25) is 5.02 Å². The van der Waals surface area contributed by atoms with Crippen LogP contribution >= 0.6 is 11.6 Å². The molecule has 1 aromatic rings. The van der Waals surface area contributed by atoms with Crippen molar-refractivity contribution in [3.8, 4) is 0 Å². The number of hydrogen-bond donors (Lipinski definition) is 2. The lowest BCUT2D eigenvalue weighted by Crippen LogP contribution is -2.43. The van der Waals surface area contributed by atoms with Crippen LogP contribution in [0, 0.1) is 5.92 Å². The maximum absolute atomic E-state index is 11.7. The first-order chi connectivity index (χ1) is 11.0. The fraction of sp³-hybridized carbons (Fsp3) is 0.312. The highest BCUT2D eigenvalue weighted by molar-refractivity contribution is 6.30. The summed E-state index contributed by atoms with van der Waals surface area (Å²) in [6, 6.07) is 6.19. The van der Waals surface area contributed by atoms with Crippen molar-refractivity contribution >= 4 is 29.4 Å². The summed E-state index contributed by atoms with van der Waals surface area (Å²) in [6.07, 6.45) is 6.17. The molecule has 122 valence electrons. The Hall–Kier alpha value is -2.34. The van der Waals surface area contributed by atoms with Crippen molar-refractivity contribution in [2.75, 3.05) is 6.61 Å². The van der Waals surface area contributed by atoms with Gasteiger partial charge in [0.2, 0.25) is 0 Å². The highest BCUT2D eigenvalue weighted by Crippen LogP contribution is 2.20. The van der Waals surface area contributed by atoms with Gasteiger partial charge in [0.25, 0.3) is 11.8 Å². The molecule has 23 heavy (non-hydrogen) atoms. The number of hydrogen-bond acceptors (Lipinski definition) is 4. The third kappa shape index (κ3) is 5.75. The predicted octanol–water partition coefficient (Wildman–Crippen LogP) is 2.00. The number of benzene rings is 1. The van der Waals surface area contributed by atoms with Crippen LogP contribution in [-0.4, -0.2) is 24.4 Å². The highest BCUT2D eigenvalue weighted by atomic mass is 35.5. The molecule has 0 bridgehead atoms. The maximum atomic E-state index is 11.7. The molecule has 7 heteroatoms. The molecule has 0 unspecified atom stereocenters. The molecule has 0 aromatic heterocycles. The van der Waals surface area contributed by atoms with Gasteiger partial charge in [-0.15, -0.1) is 0 Å². The van der Waals surface area contributed by atoms with Crippen LogP contribution in [0.3, 0.4) is 0 Å². The third-order valence-electron chi connectivity index (χ3n) is 3.33. The van der Waals surface area contributed by atoms with Gasteiger partial charge in [-0.1, -0.05) is 23.8 Å². The van der Waals surface area contributed by atoms with Gasteiger partial charge in [0.05, 0.1) is 6.42 Å². The van der Waals surface area contributed by atoms with Crippen LogP contribution in [-0.2, 0) is 14.3 Å². The van der Waals surface area contributed by atoms with Gasteiger partial charge in [0.15, 0.2) is 6.61 Å². The van der Waals surface area contributed by atoms with Gasteiger partial charge < -0.3 is 4.74 Å². The van der Waals surface area contributed by atoms with Crippen molar-refractivity contribution in [3.63, 3.8) is 0 Å².